The van der Waals surface area contributed by atoms with Crippen molar-refractivity contribution < 1.29 is 8.42 Å². The lowest BCUT2D eigenvalue weighted by Crippen LogP contribution is -2.42. The van der Waals surface area contributed by atoms with E-state index < -0.39 is 9.84 Å². The van der Waals surface area contributed by atoms with Crippen molar-refractivity contribution in [2.45, 2.75) is 69.1 Å². The molecule has 0 aromatic carbocycles. The molecule has 4 atom stereocenters. The number of sulfone groups is 1. The molecule has 0 aromatic rings. The van der Waals surface area contributed by atoms with Crippen LogP contribution in [0.2, 0.25) is 0 Å². The van der Waals surface area contributed by atoms with E-state index in [-0.39, 0.29) is 5.25 Å². The van der Waals surface area contributed by atoms with Crippen LogP contribution in [0, 0.1) is 11.8 Å². The second-order valence-electron chi connectivity index (χ2n) is 6.85. The van der Waals surface area contributed by atoms with Crippen LogP contribution in [-0.2, 0) is 9.84 Å². The molecule has 19 heavy (non-hydrogen) atoms. The van der Waals surface area contributed by atoms with E-state index in [1.807, 2.05) is 0 Å². The summed E-state index contributed by atoms with van der Waals surface area (Å²) in [6.45, 7) is 0.699. The van der Waals surface area contributed by atoms with Gasteiger partial charge in [-0.1, -0.05) is 25.7 Å². The van der Waals surface area contributed by atoms with Gasteiger partial charge in [0.25, 0.3) is 0 Å². The third-order valence-corrected chi connectivity index (χ3v) is 7.91. The smallest absolute Gasteiger partial charge is 0.154 e. The maximum atomic E-state index is 11.8. The molecule has 0 radical (unpaired) electrons. The molecule has 3 fully saturated rings. The van der Waals surface area contributed by atoms with Gasteiger partial charge in [-0.25, -0.2) is 8.42 Å². The Kier molecular flexibility index (Phi) is 4.18. The number of hydrogen-bond donors (Lipinski definition) is 1. The highest BCUT2D eigenvalue weighted by molar-refractivity contribution is 7.92. The van der Waals surface area contributed by atoms with E-state index in [0.717, 1.165) is 24.7 Å². The molecule has 1 saturated heterocycles. The second-order valence-corrected chi connectivity index (χ2v) is 9.25. The van der Waals surface area contributed by atoms with Gasteiger partial charge in [-0.15, -0.1) is 0 Å². The Labute approximate surface area is 117 Å². The Morgan fingerprint density at radius 1 is 0.895 bits per heavy atom. The van der Waals surface area contributed by atoms with Gasteiger partial charge in [0.2, 0.25) is 0 Å². The summed E-state index contributed by atoms with van der Waals surface area (Å²) in [6, 6.07) is 0.579. The van der Waals surface area contributed by atoms with E-state index in [1.54, 1.807) is 0 Å². The van der Waals surface area contributed by atoms with Crippen molar-refractivity contribution in [2.24, 2.45) is 11.8 Å². The van der Waals surface area contributed by atoms with Crippen molar-refractivity contribution in [3.8, 4) is 0 Å². The third kappa shape index (κ3) is 3.15. The van der Waals surface area contributed by atoms with Crippen molar-refractivity contribution in [2.75, 3.05) is 12.3 Å². The largest absolute Gasteiger partial charge is 0.313 e. The molecule has 2 saturated carbocycles. The minimum Gasteiger partial charge on any atom is -0.313 e. The third-order valence-electron chi connectivity index (χ3n) is 5.64. The molecule has 0 spiro atoms. The van der Waals surface area contributed by atoms with Crippen molar-refractivity contribution in [3.63, 3.8) is 0 Å². The van der Waals surface area contributed by atoms with Gasteiger partial charge in [-0.3, -0.25) is 0 Å². The fraction of sp³-hybridized carbons (Fsp3) is 1.00. The first kappa shape index (κ1) is 13.9. The zero-order valence-corrected chi connectivity index (χ0v) is 12.6. The van der Waals surface area contributed by atoms with Gasteiger partial charge in [-0.05, 0) is 43.9 Å². The molecule has 0 amide bonds. The normalized spacial score (nSPS) is 41.9. The van der Waals surface area contributed by atoms with Crippen LogP contribution in [-0.4, -0.2) is 32.0 Å². The number of fused-ring (bicyclic) bond motifs is 1. The van der Waals surface area contributed by atoms with Crippen LogP contribution >= 0.6 is 0 Å². The van der Waals surface area contributed by atoms with Gasteiger partial charge < -0.3 is 5.32 Å². The van der Waals surface area contributed by atoms with Crippen molar-refractivity contribution in [1.82, 2.24) is 5.32 Å². The molecule has 2 aliphatic carbocycles. The van der Waals surface area contributed by atoms with Crippen molar-refractivity contribution >= 4 is 9.84 Å². The van der Waals surface area contributed by atoms with Gasteiger partial charge in [0, 0.05) is 12.6 Å². The Balaban J connectivity index is 1.48. The van der Waals surface area contributed by atoms with Crippen molar-refractivity contribution in [3.05, 3.63) is 0 Å². The van der Waals surface area contributed by atoms with Crippen LogP contribution in [0.5, 0.6) is 0 Å². The number of nitrogens with one attached hydrogen (secondary N) is 1. The second kappa shape index (κ2) is 5.72. The maximum Gasteiger partial charge on any atom is 0.154 e. The summed E-state index contributed by atoms with van der Waals surface area (Å²) in [4.78, 5) is 0. The molecule has 0 bridgehead atoms. The Morgan fingerprint density at radius 3 is 2.42 bits per heavy atom. The SMILES string of the molecule is O=S1(=O)CCCC1CNC1CCC2CCCCC2C1. The molecular weight excluding hydrogens is 258 g/mol. The minimum absolute atomic E-state index is 0.100. The molecule has 3 aliphatic rings. The highest BCUT2D eigenvalue weighted by Gasteiger charge is 2.34. The maximum absolute atomic E-state index is 11.8. The van der Waals surface area contributed by atoms with E-state index in [4.69, 9.17) is 0 Å². The van der Waals surface area contributed by atoms with Gasteiger partial charge in [0.15, 0.2) is 9.84 Å². The fourth-order valence-corrected chi connectivity index (χ4v) is 6.22. The fourth-order valence-electron chi connectivity index (χ4n) is 4.44. The van der Waals surface area contributed by atoms with E-state index in [0.29, 0.717) is 18.3 Å². The Bertz CT molecular complexity index is 406. The minimum atomic E-state index is -2.77. The molecular formula is C15H27NO2S. The average molecular weight is 285 g/mol. The summed E-state index contributed by atoms with van der Waals surface area (Å²) in [5, 5.41) is 3.47. The van der Waals surface area contributed by atoms with Crippen molar-refractivity contribution in [1.29, 1.82) is 0 Å². The summed E-state index contributed by atoms with van der Waals surface area (Å²) in [5.74, 6) is 2.30. The van der Waals surface area contributed by atoms with E-state index in [9.17, 15) is 8.42 Å². The van der Waals surface area contributed by atoms with Gasteiger partial charge in [-0.2, -0.15) is 0 Å². The monoisotopic (exact) mass is 285 g/mol. The van der Waals surface area contributed by atoms with Crippen LogP contribution in [0.15, 0.2) is 0 Å². The molecule has 4 heteroatoms. The van der Waals surface area contributed by atoms with E-state index in [1.165, 1.54) is 44.9 Å². The van der Waals surface area contributed by atoms with E-state index in [2.05, 4.69) is 5.32 Å². The number of hydrogen-bond acceptors (Lipinski definition) is 3. The average Bonchev–Trinajstić information content (AvgIpc) is 2.75. The molecule has 110 valence electrons. The van der Waals surface area contributed by atoms with Gasteiger partial charge in [0.1, 0.15) is 0 Å². The lowest BCUT2D eigenvalue weighted by atomic mass is 9.69. The van der Waals surface area contributed by atoms with Crippen LogP contribution in [0.3, 0.4) is 0 Å². The predicted molar refractivity (Wildman–Crippen MR) is 77.9 cm³/mol. The summed E-state index contributed by atoms with van der Waals surface area (Å²) < 4.78 is 23.6. The molecule has 1 aliphatic heterocycles. The summed E-state index contributed by atoms with van der Waals surface area (Å²) in [5.41, 5.74) is 0. The molecule has 3 nitrogen and oxygen atoms in total. The first-order valence-electron chi connectivity index (χ1n) is 8.10. The molecule has 3 rings (SSSR count). The van der Waals surface area contributed by atoms with Gasteiger partial charge >= 0.3 is 0 Å². The zero-order valence-electron chi connectivity index (χ0n) is 11.8. The standard InChI is InChI=1S/C15H27NO2S/c17-19(18)9-3-6-15(19)11-16-14-8-7-12-4-1-2-5-13(12)10-14/h12-16H,1-11H2. The van der Waals surface area contributed by atoms with E-state index >= 15 is 0 Å². The Hall–Kier alpha value is -0.0900. The lowest BCUT2D eigenvalue weighted by molar-refractivity contribution is 0.144. The zero-order chi connectivity index (χ0) is 13.3. The first-order chi connectivity index (χ1) is 9.15. The molecule has 1 N–H and O–H groups in total. The highest BCUT2D eigenvalue weighted by atomic mass is 32.2. The Morgan fingerprint density at radius 2 is 1.68 bits per heavy atom. The summed E-state index contributed by atoms with van der Waals surface area (Å²) in [7, 11) is -2.77. The van der Waals surface area contributed by atoms with Crippen LogP contribution in [0.1, 0.15) is 57.8 Å². The lowest BCUT2D eigenvalue weighted by Gasteiger charge is -2.39. The molecule has 1 heterocycles. The van der Waals surface area contributed by atoms with Crippen LogP contribution < -0.4 is 5.32 Å². The first-order valence-corrected chi connectivity index (χ1v) is 9.81. The van der Waals surface area contributed by atoms with Gasteiger partial charge in [0.05, 0.1) is 11.0 Å². The topological polar surface area (TPSA) is 46.2 Å². The quantitative estimate of drug-likeness (QED) is 0.866. The van der Waals surface area contributed by atoms with Crippen LogP contribution in [0.4, 0.5) is 0 Å². The predicted octanol–water partition coefficient (Wildman–Crippen LogP) is 2.51. The summed E-state index contributed by atoms with van der Waals surface area (Å²) >= 11 is 0. The number of rotatable bonds is 3. The highest BCUT2D eigenvalue weighted by Crippen LogP contribution is 2.40. The summed E-state index contributed by atoms with van der Waals surface area (Å²) in [6.07, 6.45) is 11.3. The molecule has 0 aromatic heterocycles. The van der Waals surface area contributed by atoms with Crippen LogP contribution in [0.25, 0.3) is 0 Å². The molecule has 4 unspecified atom stereocenters.